The molecule has 0 radical (unpaired) electrons. The molecule has 0 spiro atoms. The van der Waals surface area contributed by atoms with Crippen molar-refractivity contribution in [3.05, 3.63) is 53.6 Å². The highest BCUT2D eigenvalue weighted by molar-refractivity contribution is 5.85. The summed E-state index contributed by atoms with van der Waals surface area (Å²) in [6.07, 6.45) is 8.87. The average molecular weight is 370 g/mol. The van der Waals surface area contributed by atoms with E-state index in [2.05, 4.69) is 35.9 Å². The van der Waals surface area contributed by atoms with Crippen LogP contribution >= 0.6 is 0 Å². The van der Waals surface area contributed by atoms with Crippen LogP contribution in [-0.4, -0.2) is 22.5 Å². The number of hydrogen-bond donors (Lipinski definition) is 0. The first-order chi connectivity index (χ1) is 13.2. The first-order valence-corrected chi connectivity index (χ1v) is 9.92. The van der Waals surface area contributed by atoms with E-state index in [1.54, 1.807) is 0 Å². The van der Waals surface area contributed by atoms with Crippen LogP contribution in [0, 0.1) is 0 Å². The van der Waals surface area contributed by atoms with Gasteiger partial charge in [-0.25, -0.2) is 14.8 Å². The number of esters is 1. The second-order valence-electron chi connectivity index (χ2n) is 6.59. The zero-order chi connectivity index (χ0) is 19.5. The van der Waals surface area contributed by atoms with E-state index >= 15 is 0 Å². The maximum Gasteiger partial charge on any atom is 0.376 e. The Morgan fingerprint density at radius 1 is 1.00 bits per heavy atom. The lowest BCUT2D eigenvalue weighted by Crippen LogP contribution is -2.14. The van der Waals surface area contributed by atoms with Crippen LogP contribution in [-0.2, 0) is 11.2 Å². The minimum absolute atomic E-state index is 0.0527. The molecule has 0 amide bonds. The Kier molecular flexibility index (Phi) is 8.75. The third-order valence-corrected chi connectivity index (χ3v) is 4.34. The molecule has 0 bridgehead atoms. The van der Waals surface area contributed by atoms with E-state index in [1.165, 1.54) is 18.0 Å². The molecule has 0 aliphatic heterocycles. The molecule has 5 heteroatoms. The van der Waals surface area contributed by atoms with Crippen LogP contribution in [0.15, 0.2) is 36.7 Å². The zero-order valence-electron chi connectivity index (χ0n) is 16.6. The summed E-state index contributed by atoms with van der Waals surface area (Å²) in [5.74, 6) is 0.107. The van der Waals surface area contributed by atoms with Crippen molar-refractivity contribution in [2.45, 2.75) is 65.4 Å². The molecule has 1 aromatic heterocycles. The Labute approximate surface area is 162 Å². The van der Waals surface area contributed by atoms with Gasteiger partial charge in [0.15, 0.2) is 5.75 Å². The zero-order valence-corrected chi connectivity index (χ0v) is 16.6. The van der Waals surface area contributed by atoms with Gasteiger partial charge in [0.2, 0.25) is 5.82 Å². The molecular formula is C22H30N2O3. The largest absolute Gasteiger partial charge is 0.490 e. The Morgan fingerprint density at radius 3 is 2.30 bits per heavy atom. The van der Waals surface area contributed by atoms with E-state index in [-0.39, 0.29) is 11.9 Å². The number of unbranched alkanes of at least 4 members (excludes halogenated alkanes) is 2. The van der Waals surface area contributed by atoms with Crippen LogP contribution in [0.4, 0.5) is 0 Å². The predicted octanol–water partition coefficient (Wildman–Crippen LogP) is 5.31. The molecular weight excluding hydrogens is 340 g/mol. The van der Waals surface area contributed by atoms with Gasteiger partial charge in [-0.3, -0.25) is 0 Å². The summed E-state index contributed by atoms with van der Waals surface area (Å²) in [6, 6.07) is 8.24. The van der Waals surface area contributed by atoms with E-state index in [4.69, 9.17) is 9.47 Å². The lowest BCUT2D eigenvalue weighted by atomic mass is 10.0. The fraction of sp³-hybridized carbons (Fsp3) is 0.500. The smallest absolute Gasteiger partial charge is 0.376 e. The molecule has 1 aromatic carbocycles. The molecule has 2 rings (SSSR count). The summed E-state index contributed by atoms with van der Waals surface area (Å²) >= 11 is 0. The third-order valence-electron chi connectivity index (χ3n) is 4.34. The third kappa shape index (κ3) is 6.66. The van der Waals surface area contributed by atoms with Gasteiger partial charge in [-0.2, -0.15) is 0 Å². The molecule has 5 nitrogen and oxygen atoms in total. The van der Waals surface area contributed by atoms with Crippen LogP contribution in [0.5, 0.6) is 5.75 Å². The highest BCUT2D eigenvalue weighted by atomic mass is 16.5. The van der Waals surface area contributed by atoms with Gasteiger partial charge in [0.25, 0.3) is 0 Å². The Hall–Kier alpha value is -2.43. The molecule has 146 valence electrons. The fourth-order valence-corrected chi connectivity index (χ4v) is 2.79. The number of nitrogens with zero attached hydrogens (tertiary/aromatic N) is 2. The molecule has 0 fully saturated rings. The van der Waals surface area contributed by atoms with E-state index in [1.807, 2.05) is 19.1 Å². The quantitative estimate of drug-likeness (QED) is 0.396. The Balaban J connectivity index is 1.93. The van der Waals surface area contributed by atoms with Crippen LogP contribution in [0.2, 0.25) is 0 Å². The molecule has 0 N–H and O–H groups in total. The topological polar surface area (TPSA) is 61.3 Å². The van der Waals surface area contributed by atoms with Gasteiger partial charge in [-0.15, -0.1) is 0 Å². The summed E-state index contributed by atoms with van der Waals surface area (Å²) in [6.45, 7) is 6.93. The van der Waals surface area contributed by atoms with Crippen LogP contribution in [0.25, 0.3) is 0 Å². The van der Waals surface area contributed by atoms with Gasteiger partial charge in [0.05, 0.1) is 19.0 Å². The monoisotopic (exact) mass is 370 g/mol. The number of carbonyl (C=O) groups is 1. The van der Waals surface area contributed by atoms with Crippen molar-refractivity contribution in [1.82, 2.24) is 9.97 Å². The highest BCUT2D eigenvalue weighted by Gasteiger charge is 2.18. The van der Waals surface area contributed by atoms with Crippen molar-refractivity contribution in [1.29, 1.82) is 0 Å². The van der Waals surface area contributed by atoms with E-state index < -0.39 is 5.97 Å². The van der Waals surface area contributed by atoms with E-state index in [0.717, 1.165) is 37.7 Å². The summed E-state index contributed by atoms with van der Waals surface area (Å²) in [4.78, 5) is 20.6. The minimum Gasteiger partial charge on any atom is -0.490 e. The lowest BCUT2D eigenvalue weighted by Gasteiger charge is -2.16. The lowest BCUT2D eigenvalue weighted by molar-refractivity contribution is 0.0273. The predicted molar refractivity (Wildman–Crippen MR) is 106 cm³/mol. The summed E-state index contributed by atoms with van der Waals surface area (Å²) in [7, 11) is 0. The molecule has 27 heavy (non-hydrogen) atoms. The number of rotatable bonds is 11. The van der Waals surface area contributed by atoms with Gasteiger partial charge in [-0.05, 0) is 30.4 Å². The van der Waals surface area contributed by atoms with Crippen molar-refractivity contribution in [3.8, 4) is 5.75 Å². The molecule has 1 heterocycles. The van der Waals surface area contributed by atoms with Gasteiger partial charge in [0.1, 0.15) is 6.10 Å². The molecule has 0 aliphatic carbocycles. The average Bonchev–Trinajstić information content (AvgIpc) is 2.70. The van der Waals surface area contributed by atoms with Crippen molar-refractivity contribution in [2.75, 3.05) is 6.61 Å². The van der Waals surface area contributed by atoms with Gasteiger partial charge in [-0.1, -0.05) is 64.3 Å². The summed E-state index contributed by atoms with van der Waals surface area (Å²) < 4.78 is 11.2. The van der Waals surface area contributed by atoms with Gasteiger partial charge >= 0.3 is 5.97 Å². The standard InChI is InChI=1S/C22H30N2O3/c1-4-7-8-14-26-19-15-23-21(24-16-19)22(25)27-20(6-3)18-12-10-17(9-5-2)11-13-18/h10-13,15-16,20H,4-9,14H2,1-3H3. The number of aromatic nitrogens is 2. The molecule has 1 unspecified atom stereocenters. The van der Waals surface area contributed by atoms with Crippen LogP contribution in [0.3, 0.4) is 0 Å². The number of benzene rings is 1. The first-order valence-electron chi connectivity index (χ1n) is 9.92. The van der Waals surface area contributed by atoms with Crippen LogP contribution < -0.4 is 4.74 Å². The van der Waals surface area contributed by atoms with Gasteiger partial charge < -0.3 is 9.47 Å². The van der Waals surface area contributed by atoms with Crippen molar-refractivity contribution in [3.63, 3.8) is 0 Å². The highest BCUT2D eigenvalue weighted by Crippen LogP contribution is 2.23. The van der Waals surface area contributed by atoms with E-state index in [0.29, 0.717) is 18.8 Å². The fourth-order valence-electron chi connectivity index (χ4n) is 2.79. The molecule has 2 aromatic rings. The number of aryl methyl sites for hydroxylation is 1. The minimum atomic E-state index is -0.517. The van der Waals surface area contributed by atoms with E-state index in [9.17, 15) is 4.79 Å². The molecule has 0 aliphatic rings. The molecule has 0 saturated carbocycles. The van der Waals surface area contributed by atoms with Crippen LogP contribution in [0.1, 0.15) is 80.7 Å². The Morgan fingerprint density at radius 2 is 1.70 bits per heavy atom. The van der Waals surface area contributed by atoms with Gasteiger partial charge in [0, 0.05) is 0 Å². The molecule has 1 atom stereocenters. The number of carbonyl (C=O) groups excluding carboxylic acids is 1. The maximum atomic E-state index is 12.4. The number of ether oxygens (including phenoxy) is 2. The normalized spacial score (nSPS) is 11.8. The Bertz CT molecular complexity index is 684. The van der Waals surface area contributed by atoms with Crippen molar-refractivity contribution < 1.29 is 14.3 Å². The second kappa shape index (κ2) is 11.3. The summed E-state index contributed by atoms with van der Waals surface area (Å²) in [5.41, 5.74) is 2.28. The maximum absolute atomic E-state index is 12.4. The molecule has 0 saturated heterocycles. The number of hydrogen-bond acceptors (Lipinski definition) is 5. The van der Waals surface area contributed by atoms with Crippen molar-refractivity contribution in [2.24, 2.45) is 0 Å². The van der Waals surface area contributed by atoms with Crippen molar-refractivity contribution >= 4 is 5.97 Å². The second-order valence-corrected chi connectivity index (χ2v) is 6.59. The summed E-state index contributed by atoms with van der Waals surface area (Å²) in [5, 5.41) is 0. The first kappa shape index (κ1) is 20.9. The SMILES string of the molecule is CCCCCOc1cnc(C(=O)OC(CC)c2ccc(CCC)cc2)nc1.